The number of likely N-dealkylation sites (tertiary alicyclic amines) is 2. The molecule has 2 aliphatic heterocycles. The van der Waals surface area contributed by atoms with E-state index in [0.717, 1.165) is 42.6 Å². The molecule has 5 rings (SSSR count). The van der Waals surface area contributed by atoms with Gasteiger partial charge in [-0.1, -0.05) is 12.0 Å². The van der Waals surface area contributed by atoms with Gasteiger partial charge in [0.1, 0.15) is 17.9 Å². The SMILES string of the molecule is C#Cc1cccc(Nc2ncnc3cc(OC)c(NC(=O)N4CCC(N5CCCC5)CC4)cc23)c1. The second kappa shape index (κ2) is 10.2. The molecule has 0 radical (unpaired) electrons. The number of ether oxygens (including phenoxy) is 1. The molecule has 3 heterocycles. The lowest BCUT2D eigenvalue weighted by atomic mass is 10.0. The molecule has 2 fully saturated rings. The van der Waals surface area contributed by atoms with Gasteiger partial charge in [0.2, 0.25) is 0 Å². The predicted molar refractivity (Wildman–Crippen MR) is 138 cm³/mol. The lowest BCUT2D eigenvalue weighted by Crippen LogP contribution is -2.47. The van der Waals surface area contributed by atoms with Gasteiger partial charge >= 0.3 is 6.03 Å². The first-order valence-electron chi connectivity index (χ1n) is 12.1. The van der Waals surface area contributed by atoms with Crippen LogP contribution in [0.5, 0.6) is 5.75 Å². The Hall–Kier alpha value is -3.83. The summed E-state index contributed by atoms with van der Waals surface area (Å²) in [6.45, 7) is 3.89. The van der Waals surface area contributed by atoms with Crippen LogP contribution in [0.15, 0.2) is 42.7 Å². The number of urea groups is 1. The van der Waals surface area contributed by atoms with Crippen LogP contribution in [-0.4, -0.2) is 65.1 Å². The molecular weight excluding hydrogens is 440 g/mol. The Labute approximate surface area is 205 Å². The zero-order valence-electron chi connectivity index (χ0n) is 20.0. The summed E-state index contributed by atoms with van der Waals surface area (Å²) in [7, 11) is 1.59. The summed E-state index contributed by atoms with van der Waals surface area (Å²) in [5.41, 5.74) is 2.89. The topological polar surface area (TPSA) is 82.6 Å². The van der Waals surface area contributed by atoms with Crippen LogP contribution in [-0.2, 0) is 0 Å². The molecule has 35 heavy (non-hydrogen) atoms. The highest BCUT2D eigenvalue weighted by Crippen LogP contribution is 2.33. The third kappa shape index (κ3) is 5.00. The van der Waals surface area contributed by atoms with Crippen molar-refractivity contribution in [3.63, 3.8) is 0 Å². The molecule has 8 heteroatoms. The number of anilines is 3. The maximum Gasteiger partial charge on any atom is 0.321 e. The average Bonchev–Trinajstić information content (AvgIpc) is 3.44. The minimum absolute atomic E-state index is 0.115. The number of amides is 2. The first-order valence-corrected chi connectivity index (χ1v) is 12.1. The predicted octanol–water partition coefficient (Wildman–Crippen LogP) is 4.46. The molecule has 2 amide bonds. The number of methoxy groups -OCH3 is 1. The van der Waals surface area contributed by atoms with Crippen LogP contribution in [0.4, 0.5) is 22.0 Å². The maximum absolute atomic E-state index is 13.1. The van der Waals surface area contributed by atoms with E-state index in [9.17, 15) is 4.79 Å². The van der Waals surface area contributed by atoms with Crippen molar-refractivity contribution in [3.05, 3.63) is 48.3 Å². The normalized spacial score (nSPS) is 16.7. The van der Waals surface area contributed by atoms with Crippen LogP contribution in [0.25, 0.3) is 10.9 Å². The third-order valence-corrected chi connectivity index (χ3v) is 6.90. The Bertz CT molecular complexity index is 1260. The number of carbonyl (C=O) groups is 1. The summed E-state index contributed by atoms with van der Waals surface area (Å²) < 4.78 is 5.57. The van der Waals surface area contributed by atoms with Crippen molar-refractivity contribution in [1.82, 2.24) is 19.8 Å². The van der Waals surface area contributed by atoms with Crippen molar-refractivity contribution in [2.24, 2.45) is 0 Å². The molecule has 8 nitrogen and oxygen atoms in total. The zero-order chi connectivity index (χ0) is 24.2. The molecule has 2 aliphatic rings. The maximum atomic E-state index is 13.1. The van der Waals surface area contributed by atoms with E-state index in [1.54, 1.807) is 7.11 Å². The summed E-state index contributed by atoms with van der Waals surface area (Å²) in [6.07, 6.45) is 11.6. The largest absolute Gasteiger partial charge is 0.494 e. The number of hydrogen-bond donors (Lipinski definition) is 2. The van der Waals surface area contributed by atoms with Crippen LogP contribution >= 0.6 is 0 Å². The number of hydrogen-bond acceptors (Lipinski definition) is 6. The molecule has 0 spiro atoms. The van der Waals surface area contributed by atoms with E-state index in [-0.39, 0.29) is 6.03 Å². The van der Waals surface area contributed by atoms with E-state index in [1.165, 1.54) is 32.3 Å². The highest BCUT2D eigenvalue weighted by molar-refractivity contribution is 5.99. The summed E-state index contributed by atoms with van der Waals surface area (Å²) in [5, 5.41) is 7.14. The van der Waals surface area contributed by atoms with Crippen LogP contribution in [0, 0.1) is 12.3 Å². The highest BCUT2D eigenvalue weighted by Gasteiger charge is 2.28. The van der Waals surface area contributed by atoms with Crippen LogP contribution in [0.2, 0.25) is 0 Å². The lowest BCUT2D eigenvalue weighted by molar-refractivity contribution is 0.140. The molecule has 0 unspecified atom stereocenters. The monoisotopic (exact) mass is 470 g/mol. The fourth-order valence-electron chi connectivity index (χ4n) is 5.01. The smallest absolute Gasteiger partial charge is 0.321 e. The molecule has 180 valence electrons. The summed E-state index contributed by atoms with van der Waals surface area (Å²) in [6, 6.07) is 11.7. The fourth-order valence-corrected chi connectivity index (χ4v) is 5.01. The number of rotatable bonds is 5. The molecular formula is C27H30N6O2. The van der Waals surface area contributed by atoms with Crippen LogP contribution < -0.4 is 15.4 Å². The minimum atomic E-state index is -0.115. The Morgan fingerprint density at radius 1 is 1.11 bits per heavy atom. The van der Waals surface area contributed by atoms with Crippen LogP contribution in [0.1, 0.15) is 31.2 Å². The van der Waals surface area contributed by atoms with Gasteiger partial charge in [0.05, 0.1) is 18.3 Å². The highest BCUT2D eigenvalue weighted by atomic mass is 16.5. The first-order chi connectivity index (χ1) is 17.1. The van der Waals surface area contributed by atoms with E-state index in [4.69, 9.17) is 11.2 Å². The fraction of sp³-hybridized carbons (Fsp3) is 0.370. The van der Waals surface area contributed by atoms with E-state index < -0.39 is 0 Å². The van der Waals surface area contributed by atoms with Crippen molar-refractivity contribution < 1.29 is 9.53 Å². The van der Waals surface area contributed by atoms with Crippen molar-refractivity contribution in [2.75, 3.05) is 43.9 Å². The van der Waals surface area contributed by atoms with E-state index in [2.05, 4.69) is 31.4 Å². The van der Waals surface area contributed by atoms with Crippen molar-refractivity contribution in [2.45, 2.75) is 31.7 Å². The van der Waals surface area contributed by atoms with Gasteiger partial charge in [0, 0.05) is 41.8 Å². The average molecular weight is 471 g/mol. The Balaban J connectivity index is 1.35. The summed E-state index contributed by atoms with van der Waals surface area (Å²) >= 11 is 0. The van der Waals surface area contributed by atoms with E-state index >= 15 is 0 Å². The number of nitrogens with one attached hydrogen (secondary N) is 2. The van der Waals surface area contributed by atoms with Gasteiger partial charge in [0.25, 0.3) is 0 Å². The minimum Gasteiger partial charge on any atom is -0.494 e. The van der Waals surface area contributed by atoms with Gasteiger partial charge in [-0.2, -0.15) is 0 Å². The first kappa shape index (κ1) is 22.9. The Kier molecular flexibility index (Phi) is 6.68. The zero-order valence-corrected chi connectivity index (χ0v) is 20.0. The third-order valence-electron chi connectivity index (χ3n) is 6.90. The molecule has 2 saturated heterocycles. The second-order valence-corrected chi connectivity index (χ2v) is 9.03. The summed E-state index contributed by atoms with van der Waals surface area (Å²) in [5.74, 6) is 3.81. The van der Waals surface area contributed by atoms with Gasteiger partial charge in [-0.25, -0.2) is 14.8 Å². The molecule has 0 atom stereocenters. The van der Waals surface area contributed by atoms with Crippen molar-refractivity contribution >= 4 is 34.1 Å². The molecule has 2 aromatic carbocycles. The van der Waals surface area contributed by atoms with Gasteiger partial charge in [-0.05, 0) is 63.0 Å². The quantitative estimate of drug-likeness (QED) is 0.536. The Morgan fingerprint density at radius 2 is 1.91 bits per heavy atom. The van der Waals surface area contributed by atoms with Gasteiger partial charge in [-0.3, -0.25) is 0 Å². The molecule has 0 bridgehead atoms. The van der Waals surface area contributed by atoms with Crippen molar-refractivity contribution in [3.8, 4) is 18.1 Å². The number of aromatic nitrogens is 2. The van der Waals surface area contributed by atoms with Gasteiger partial charge in [0.15, 0.2) is 0 Å². The number of benzene rings is 2. The van der Waals surface area contributed by atoms with Gasteiger partial charge < -0.3 is 25.2 Å². The lowest BCUT2D eigenvalue weighted by Gasteiger charge is -2.36. The van der Waals surface area contributed by atoms with E-state index in [0.29, 0.717) is 28.8 Å². The van der Waals surface area contributed by atoms with E-state index in [1.807, 2.05) is 41.3 Å². The van der Waals surface area contributed by atoms with Crippen LogP contribution in [0.3, 0.4) is 0 Å². The molecule has 3 aromatic rings. The number of fused-ring (bicyclic) bond motifs is 1. The Morgan fingerprint density at radius 3 is 2.66 bits per heavy atom. The molecule has 1 aromatic heterocycles. The van der Waals surface area contributed by atoms with Crippen molar-refractivity contribution in [1.29, 1.82) is 0 Å². The standard InChI is InChI=1S/C27H30N6O2/c1-3-19-7-6-8-20(15-19)30-26-22-16-24(25(35-2)17-23(22)28-18-29-26)31-27(34)33-13-9-21(10-14-33)32-11-4-5-12-32/h1,6-8,15-18,21H,4-5,9-14H2,2H3,(H,31,34)(H,28,29,30). The number of nitrogens with zero attached hydrogens (tertiary/aromatic N) is 4. The molecule has 2 N–H and O–H groups in total. The number of terminal acetylenes is 1. The summed E-state index contributed by atoms with van der Waals surface area (Å²) in [4.78, 5) is 26.4. The number of piperidine rings is 1. The number of carbonyl (C=O) groups excluding carboxylic acids is 1. The molecule has 0 saturated carbocycles. The van der Waals surface area contributed by atoms with Gasteiger partial charge in [-0.15, -0.1) is 6.42 Å². The molecule has 0 aliphatic carbocycles. The second-order valence-electron chi connectivity index (χ2n) is 9.03.